The van der Waals surface area contributed by atoms with E-state index in [0.717, 1.165) is 12.0 Å². The number of carbonyl (C=O) groups excluding carboxylic acids is 3. The van der Waals surface area contributed by atoms with E-state index < -0.39 is 29.2 Å². The topological polar surface area (TPSA) is 99.6 Å². The van der Waals surface area contributed by atoms with Crippen molar-refractivity contribution in [3.8, 4) is 5.75 Å². The minimum atomic E-state index is -1.79. The summed E-state index contributed by atoms with van der Waals surface area (Å²) in [5, 5.41) is 9.87. The normalized spacial score (nSPS) is 27.0. The number of para-hydroxylation sites is 2. The minimum absolute atomic E-state index is 0.114. The molecule has 2 fully saturated rings. The van der Waals surface area contributed by atoms with Crippen LogP contribution >= 0.6 is 0 Å². The van der Waals surface area contributed by atoms with E-state index in [-0.39, 0.29) is 49.9 Å². The number of aliphatic hydroxyl groups is 1. The molecule has 4 heterocycles. The van der Waals surface area contributed by atoms with E-state index in [1.165, 1.54) is 13.8 Å². The highest BCUT2D eigenvalue weighted by atomic mass is 19.1. The monoisotopic (exact) mass is 641 g/mol. The van der Waals surface area contributed by atoms with Crippen LogP contribution in [0.2, 0.25) is 0 Å². The van der Waals surface area contributed by atoms with Crippen molar-refractivity contribution in [1.82, 2.24) is 4.90 Å². The minimum Gasteiger partial charge on any atom is -0.482 e. The highest BCUT2D eigenvalue weighted by Gasteiger charge is 2.66. The zero-order valence-electron chi connectivity index (χ0n) is 26.9. The number of hydrogen-bond donors (Lipinski definition) is 1. The maximum absolute atomic E-state index is 16.3. The Hall–Kier alpha value is -4.28. The van der Waals surface area contributed by atoms with Gasteiger partial charge in [0, 0.05) is 29.6 Å². The molecule has 10 heteroatoms. The predicted octanol–water partition coefficient (Wildman–Crippen LogP) is 5.26. The second-order valence-electron chi connectivity index (χ2n) is 13.6. The van der Waals surface area contributed by atoms with E-state index in [4.69, 9.17) is 9.47 Å². The number of nitrogens with zero attached hydrogens (tertiary/aromatic N) is 3. The molecule has 0 unspecified atom stereocenters. The first-order valence-electron chi connectivity index (χ1n) is 16.4. The average molecular weight is 642 g/mol. The van der Waals surface area contributed by atoms with Crippen LogP contribution in [0.1, 0.15) is 51.2 Å². The Morgan fingerprint density at radius 1 is 1.04 bits per heavy atom. The first-order chi connectivity index (χ1) is 22.5. The second kappa shape index (κ2) is 11.8. The number of hydrogen-bond acceptors (Lipinski definition) is 6. The molecule has 1 spiro atoms. The van der Waals surface area contributed by atoms with Gasteiger partial charge in [0.25, 0.3) is 11.8 Å². The molecule has 2 saturated heterocycles. The first kappa shape index (κ1) is 31.3. The van der Waals surface area contributed by atoms with Crippen molar-refractivity contribution < 1.29 is 33.4 Å². The van der Waals surface area contributed by atoms with E-state index in [0.29, 0.717) is 41.3 Å². The number of carbonyl (C=O) groups is 3. The number of ether oxygens (including phenoxy) is 2. The first-order valence-corrected chi connectivity index (χ1v) is 16.4. The van der Waals surface area contributed by atoms with Crippen LogP contribution in [-0.4, -0.2) is 65.3 Å². The molecule has 0 aliphatic carbocycles. The lowest BCUT2D eigenvalue weighted by atomic mass is 9.71. The van der Waals surface area contributed by atoms with Gasteiger partial charge in [0.2, 0.25) is 5.91 Å². The number of halogens is 1. The number of anilines is 3. The van der Waals surface area contributed by atoms with Gasteiger partial charge in [-0.05, 0) is 62.6 Å². The van der Waals surface area contributed by atoms with Crippen molar-refractivity contribution in [2.24, 2.45) is 11.8 Å². The average Bonchev–Trinajstić information content (AvgIpc) is 3.72. The van der Waals surface area contributed by atoms with E-state index >= 15 is 4.39 Å². The molecule has 1 N–H and O–H groups in total. The molecular weight excluding hydrogens is 601 g/mol. The number of benzene rings is 3. The van der Waals surface area contributed by atoms with Crippen LogP contribution in [0.5, 0.6) is 5.75 Å². The number of amides is 3. The number of fused-ring (bicyclic) bond motifs is 3. The SMILES string of the molecule is C[C@@H]1[C@@H](C(C)(C)F)[C@H](CC(=O)N2CCC[C@H]2CO)O[C@@]12C(=O)N(Cc1ccccc1)c1ccc(N3C(=O)COc4ccccc43)cc12. The summed E-state index contributed by atoms with van der Waals surface area (Å²) in [6.07, 6.45) is 0.475. The van der Waals surface area contributed by atoms with Gasteiger partial charge in [0.15, 0.2) is 12.2 Å². The zero-order valence-corrected chi connectivity index (χ0v) is 26.9. The summed E-state index contributed by atoms with van der Waals surface area (Å²) in [6, 6.07) is 22.0. The maximum atomic E-state index is 16.3. The molecule has 3 aromatic rings. The third-order valence-electron chi connectivity index (χ3n) is 10.4. The second-order valence-corrected chi connectivity index (χ2v) is 13.6. The van der Waals surface area contributed by atoms with Gasteiger partial charge in [0.05, 0.1) is 43.1 Å². The lowest BCUT2D eigenvalue weighted by Gasteiger charge is -2.33. The summed E-state index contributed by atoms with van der Waals surface area (Å²) in [4.78, 5) is 46.8. The summed E-state index contributed by atoms with van der Waals surface area (Å²) >= 11 is 0. The summed E-state index contributed by atoms with van der Waals surface area (Å²) in [5.74, 6) is -1.71. The van der Waals surface area contributed by atoms with Crippen molar-refractivity contribution in [3.05, 3.63) is 83.9 Å². The Kier molecular flexibility index (Phi) is 7.83. The molecule has 4 aliphatic rings. The third kappa shape index (κ3) is 5.09. The molecule has 0 radical (unpaired) electrons. The Morgan fingerprint density at radius 2 is 1.79 bits per heavy atom. The molecule has 5 atom stereocenters. The highest BCUT2D eigenvalue weighted by molar-refractivity contribution is 6.09. The van der Waals surface area contributed by atoms with Gasteiger partial charge < -0.3 is 24.4 Å². The predicted molar refractivity (Wildman–Crippen MR) is 174 cm³/mol. The molecule has 7 rings (SSSR count). The van der Waals surface area contributed by atoms with Gasteiger partial charge in [-0.15, -0.1) is 0 Å². The van der Waals surface area contributed by atoms with Crippen molar-refractivity contribution in [2.75, 3.05) is 29.6 Å². The van der Waals surface area contributed by atoms with Crippen molar-refractivity contribution in [2.45, 2.75) is 70.0 Å². The van der Waals surface area contributed by atoms with Crippen LogP contribution in [0.4, 0.5) is 21.5 Å². The van der Waals surface area contributed by atoms with Crippen LogP contribution in [0.15, 0.2) is 72.8 Å². The summed E-state index contributed by atoms with van der Waals surface area (Å²) < 4.78 is 28.8. The molecule has 0 saturated carbocycles. The largest absolute Gasteiger partial charge is 0.482 e. The smallest absolute Gasteiger partial charge is 0.269 e. The molecular formula is C37H40FN3O6. The summed E-state index contributed by atoms with van der Waals surface area (Å²) in [5.41, 5.74) is -0.209. The van der Waals surface area contributed by atoms with E-state index in [9.17, 15) is 19.5 Å². The summed E-state index contributed by atoms with van der Waals surface area (Å²) in [6.45, 7) is 5.29. The van der Waals surface area contributed by atoms with Gasteiger partial charge in [-0.25, -0.2) is 4.39 Å². The lowest BCUT2D eigenvalue weighted by molar-refractivity contribution is -0.150. The van der Waals surface area contributed by atoms with Crippen LogP contribution in [0.3, 0.4) is 0 Å². The Balaban J connectivity index is 1.34. The standard InChI is InChI=1S/C37H40FN3O6/c1-23-34(36(2,3)38)31(19-32(43)39-17-9-12-26(39)21-42)47-37(23)27-18-25(41-29-13-7-8-14-30(29)46-22-33(41)44)15-16-28(27)40(35(37)45)20-24-10-5-4-6-11-24/h4-8,10-11,13-16,18,23,26,31,34,42H,9,12,17,19-22H2,1-3H3/t23-,26+,31+,34-,37+/m1/s1. The molecule has 3 amide bonds. The number of alkyl halides is 1. The van der Waals surface area contributed by atoms with Crippen LogP contribution < -0.4 is 14.5 Å². The Labute approximate surface area is 273 Å². The van der Waals surface area contributed by atoms with Crippen LogP contribution in [0, 0.1) is 11.8 Å². The van der Waals surface area contributed by atoms with Crippen molar-refractivity contribution >= 4 is 34.8 Å². The number of aliphatic hydroxyl groups excluding tert-OH is 1. The fourth-order valence-corrected chi connectivity index (χ4v) is 8.33. The van der Waals surface area contributed by atoms with Crippen molar-refractivity contribution in [3.63, 3.8) is 0 Å². The fraction of sp³-hybridized carbons (Fsp3) is 0.432. The molecule has 9 nitrogen and oxygen atoms in total. The lowest BCUT2D eigenvalue weighted by Crippen LogP contribution is -2.45. The van der Waals surface area contributed by atoms with Gasteiger partial charge in [-0.2, -0.15) is 0 Å². The van der Waals surface area contributed by atoms with E-state index in [1.807, 2.05) is 67.6 Å². The Bertz CT molecular complexity index is 1710. The molecule has 246 valence electrons. The van der Waals surface area contributed by atoms with E-state index in [1.54, 1.807) is 26.8 Å². The zero-order chi connectivity index (χ0) is 33.1. The Morgan fingerprint density at radius 3 is 2.53 bits per heavy atom. The quantitative estimate of drug-likeness (QED) is 0.378. The molecule has 47 heavy (non-hydrogen) atoms. The van der Waals surface area contributed by atoms with Gasteiger partial charge in [0.1, 0.15) is 11.4 Å². The summed E-state index contributed by atoms with van der Waals surface area (Å²) in [7, 11) is 0. The van der Waals surface area contributed by atoms with Crippen LogP contribution in [0.25, 0.3) is 0 Å². The van der Waals surface area contributed by atoms with Gasteiger partial charge in [-0.1, -0.05) is 49.4 Å². The van der Waals surface area contributed by atoms with Gasteiger partial charge >= 0.3 is 0 Å². The van der Waals surface area contributed by atoms with Crippen molar-refractivity contribution in [1.29, 1.82) is 0 Å². The molecule has 0 aromatic heterocycles. The third-order valence-corrected chi connectivity index (χ3v) is 10.4. The highest BCUT2D eigenvalue weighted by Crippen LogP contribution is 2.59. The number of likely N-dealkylation sites (tertiary alicyclic amines) is 1. The fourth-order valence-electron chi connectivity index (χ4n) is 8.33. The maximum Gasteiger partial charge on any atom is 0.269 e. The molecule has 0 bridgehead atoms. The molecule has 4 aliphatic heterocycles. The van der Waals surface area contributed by atoms with Gasteiger partial charge in [-0.3, -0.25) is 19.3 Å². The van der Waals surface area contributed by atoms with Crippen LogP contribution in [-0.2, 0) is 31.3 Å². The molecule has 3 aromatic carbocycles. The van der Waals surface area contributed by atoms with E-state index in [2.05, 4.69) is 0 Å². The number of rotatable bonds is 7.